The summed E-state index contributed by atoms with van der Waals surface area (Å²) in [6.45, 7) is 0. The standard InChI is InChI=1S/C11H5Cl2NOS2/c12-9-4-6(11(13)17-9)10(15)7(5-14)8-2-1-3-16-8/h1-4,7H. The van der Waals surface area contributed by atoms with Crippen LogP contribution in [0.3, 0.4) is 0 Å². The summed E-state index contributed by atoms with van der Waals surface area (Å²) in [5.41, 5.74) is 0.321. The van der Waals surface area contributed by atoms with Crippen molar-refractivity contribution in [3.8, 4) is 6.07 Å². The molecule has 0 amide bonds. The van der Waals surface area contributed by atoms with Gasteiger partial charge in [-0.3, -0.25) is 4.79 Å². The molecule has 2 heterocycles. The molecule has 2 nitrogen and oxygen atoms in total. The maximum atomic E-state index is 12.2. The van der Waals surface area contributed by atoms with Crippen molar-refractivity contribution in [1.29, 1.82) is 5.26 Å². The summed E-state index contributed by atoms with van der Waals surface area (Å²) >= 11 is 14.2. The first kappa shape index (κ1) is 12.6. The van der Waals surface area contributed by atoms with Gasteiger partial charge >= 0.3 is 0 Å². The molecule has 0 bridgehead atoms. The van der Waals surface area contributed by atoms with Crippen LogP contribution in [0.5, 0.6) is 0 Å². The van der Waals surface area contributed by atoms with Crippen LogP contribution in [0.1, 0.15) is 21.2 Å². The molecule has 0 radical (unpaired) electrons. The van der Waals surface area contributed by atoms with E-state index < -0.39 is 5.92 Å². The fourth-order valence-corrected chi connectivity index (χ4v) is 3.61. The molecule has 0 aromatic carbocycles. The van der Waals surface area contributed by atoms with E-state index in [1.54, 1.807) is 12.1 Å². The number of halogens is 2. The summed E-state index contributed by atoms with van der Waals surface area (Å²) in [6.07, 6.45) is 0. The first-order valence-corrected chi connectivity index (χ1v) is 7.00. The predicted octanol–water partition coefficient (Wildman–Crippen LogP) is 4.61. The molecule has 2 rings (SSSR count). The van der Waals surface area contributed by atoms with Crippen LogP contribution < -0.4 is 0 Å². The minimum Gasteiger partial charge on any atom is -0.292 e. The summed E-state index contributed by atoms with van der Waals surface area (Å²) < 4.78 is 0.776. The van der Waals surface area contributed by atoms with Crippen LogP contribution in [0.15, 0.2) is 23.6 Å². The molecule has 0 aliphatic carbocycles. The van der Waals surface area contributed by atoms with Crippen molar-refractivity contribution in [2.75, 3.05) is 0 Å². The smallest absolute Gasteiger partial charge is 0.187 e. The lowest BCUT2D eigenvalue weighted by Crippen LogP contribution is -2.09. The zero-order valence-electron chi connectivity index (χ0n) is 8.31. The first-order valence-electron chi connectivity index (χ1n) is 4.55. The molecule has 0 saturated carbocycles. The monoisotopic (exact) mass is 301 g/mol. The Morgan fingerprint density at radius 3 is 2.71 bits per heavy atom. The van der Waals surface area contributed by atoms with Gasteiger partial charge in [0.1, 0.15) is 10.3 Å². The third kappa shape index (κ3) is 2.53. The molecule has 1 unspecified atom stereocenters. The molecule has 0 fully saturated rings. The molecule has 2 aromatic rings. The molecule has 6 heteroatoms. The van der Waals surface area contributed by atoms with Gasteiger partial charge in [0.25, 0.3) is 0 Å². The minimum atomic E-state index is -0.807. The fourth-order valence-electron chi connectivity index (χ4n) is 1.37. The van der Waals surface area contributed by atoms with E-state index in [0.29, 0.717) is 14.2 Å². The van der Waals surface area contributed by atoms with Crippen LogP contribution in [0.25, 0.3) is 0 Å². The van der Waals surface area contributed by atoms with Gasteiger partial charge in [-0.1, -0.05) is 29.3 Å². The molecule has 1 atom stereocenters. The average Bonchev–Trinajstić information content (AvgIpc) is 2.89. The Hall–Kier alpha value is -0.860. The number of thiophene rings is 2. The zero-order chi connectivity index (χ0) is 12.4. The highest BCUT2D eigenvalue weighted by Crippen LogP contribution is 2.35. The van der Waals surface area contributed by atoms with E-state index in [0.717, 1.165) is 16.2 Å². The Bertz CT molecular complexity index is 583. The summed E-state index contributed by atoms with van der Waals surface area (Å²) in [4.78, 5) is 12.9. The van der Waals surface area contributed by atoms with Gasteiger partial charge in [0.05, 0.1) is 16.0 Å². The van der Waals surface area contributed by atoms with E-state index in [1.165, 1.54) is 17.4 Å². The van der Waals surface area contributed by atoms with Gasteiger partial charge in [0.2, 0.25) is 0 Å². The lowest BCUT2D eigenvalue weighted by atomic mass is 10.00. The van der Waals surface area contributed by atoms with Gasteiger partial charge in [0, 0.05) is 4.88 Å². The van der Waals surface area contributed by atoms with Crippen molar-refractivity contribution < 1.29 is 4.79 Å². The lowest BCUT2D eigenvalue weighted by Gasteiger charge is -2.04. The second-order valence-corrected chi connectivity index (χ2v) is 6.44. The normalized spacial score (nSPS) is 12.1. The molecule has 0 saturated heterocycles. The van der Waals surface area contributed by atoms with Gasteiger partial charge in [-0.25, -0.2) is 0 Å². The molecule has 17 heavy (non-hydrogen) atoms. The third-order valence-corrected chi connectivity index (χ3v) is 4.57. The number of hydrogen-bond donors (Lipinski definition) is 0. The van der Waals surface area contributed by atoms with Crippen molar-refractivity contribution in [3.05, 3.63) is 42.7 Å². The van der Waals surface area contributed by atoms with Crippen molar-refractivity contribution in [2.24, 2.45) is 0 Å². The summed E-state index contributed by atoms with van der Waals surface area (Å²) in [6, 6.07) is 7.08. The molecular formula is C11H5Cl2NOS2. The molecule has 0 N–H and O–H groups in total. The molecule has 86 valence electrons. The number of Topliss-reactive ketones (excluding diaryl/α,β-unsaturated/α-hetero) is 1. The molecule has 0 aliphatic heterocycles. The molecule has 0 aliphatic rings. The summed E-state index contributed by atoms with van der Waals surface area (Å²) in [7, 11) is 0. The molecule has 2 aromatic heterocycles. The SMILES string of the molecule is N#CC(C(=O)c1cc(Cl)sc1Cl)c1cccs1. The number of hydrogen-bond acceptors (Lipinski definition) is 4. The van der Waals surface area contributed by atoms with E-state index in [4.69, 9.17) is 28.5 Å². The predicted molar refractivity (Wildman–Crippen MR) is 71.3 cm³/mol. The Kier molecular flexibility index (Phi) is 3.85. The maximum absolute atomic E-state index is 12.2. The Balaban J connectivity index is 2.37. The summed E-state index contributed by atoms with van der Waals surface area (Å²) in [5.74, 6) is -1.11. The number of carbonyl (C=O) groups is 1. The summed E-state index contributed by atoms with van der Waals surface area (Å²) in [5, 5.41) is 10.9. The van der Waals surface area contributed by atoms with Gasteiger partial charge in [-0.2, -0.15) is 5.26 Å². The highest BCUT2D eigenvalue weighted by atomic mass is 35.5. The highest BCUT2D eigenvalue weighted by molar-refractivity contribution is 7.20. The number of nitriles is 1. The van der Waals surface area contributed by atoms with E-state index in [1.807, 2.05) is 11.4 Å². The van der Waals surface area contributed by atoms with Crippen LogP contribution in [0.2, 0.25) is 8.67 Å². The van der Waals surface area contributed by atoms with Crippen LogP contribution in [-0.2, 0) is 0 Å². The largest absolute Gasteiger partial charge is 0.292 e. The second kappa shape index (κ2) is 5.19. The number of ketones is 1. The Morgan fingerprint density at radius 1 is 1.47 bits per heavy atom. The van der Waals surface area contributed by atoms with E-state index in [-0.39, 0.29) is 5.78 Å². The average molecular weight is 302 g/mol. The van der Waals surface area contributed by atoms with E-state index >= 15 is 0 Å². The minimum absolute atomic E-state index is 0.303. The fraction of sp³-hybridized carbons (Fsp3) is 0.0909. The van der Waals surface area contributed by atoms with Gasteiger partial charge < -0.3 is 0 Å². The highest BCUT2D eigenvalue weighted by Gasteiger charge is 2.25. The van der Waals surface area contributed by atoms with E-state index in [2.05, 4.69) is 0 Å². The lowest BCUT2D eigenvalue weighted by molar-refractivity contribution is 0.0980. The third-order valence-electron chi connectivity index (χ3n) is 2.14. The van der Waals surface area contributed by atoms with E-state index in [9.17, 15) is 4.79 Å². The van der Waals surface area contributed by atoms with Gasteiger partial charge in [-0.15, -0.1) is 22.7 Å². The van der Waals surface area contributed by atoms with Crippen molar-refractivity contribution in [2.45, 2.75) is 5.92 Å². The quantitative estimate of drug-likeness (QED) is 0.777. The van der Waals surface area contributed by atoms with Gasteiger partial charge in [-0.05, 0) is 17.5 Å². The zero-order valence-corrected chi connectivity index (χ0v) is 11.5. The van der Waals surface area contributed by atoms with Crippen LogP contribution >= 0.6 is 45.9 Å². The maximum Gasteiger partial charge on any atom is 0.187 e. The number of nitrogens with zero attached hydrogens (tertiary/aromatic N) is 1. The van der Waals surface area contributed by atoms with Gasteiger partial charge in [0.15, 0.2) is 5.78 Å². The topological polar surface area (TPSA) is 40.9 Å². The van der Waals surface area contributed by atoms with Crippen LogP contribution in [0, 0.1) is 11.3 Å². The molecular weight excluding hydrogens is 297 g/mol. The number of carbonyl (C=O) groups excluding carboxylic acids is 1. The van der Waals surface area contributed by atoms with Crippen molar-refractivity contribution >= 4 is 51.7 Å². The van der Waals surface area contributed by atoms with Crippen molar-refractivity contribution in [3.63, 3.8) is 0 Å². The van der Waals surface area contributed by atoms with Crippen LogP contribution in [-0.4, -0.2) is 5.78 Å². The second-order valence-electron chi connectivity index (χ2n) is 3.18. The number of rotatable bonds is 3. The first-order chi connectivity index (χ1) is 8.13. The van der Waals surface area contributed by atoms with Crippen molar-refractivity contribution in [1.82, 2.24) is 0 Å². The van der Waals surface area contributed by atoms with Crippen LogP contribution in [0.4, 0.5) is 0 Å². The molecule has 0 spiro atoms. The Labute approximate surface area is 116 Å². The Morgan fingerprint density at radius 2 is 2.24 bits per heavy atom.